The molecule has 1 aromatic heterocycles. The normalized spacial score (nSPS) is 14.6. The first kappa shape index (κ1) is 11.6. The molecule has 1 aromatic carbocycles. The maximum atomic E-state index is 5.25. The van der Waals surface area contributed by atoms with E-state index in [0.29, 0.717) is 6.04 Å². The van der Waals surface area contributed by atoms with Gasteiger partial charge in [0.1, 0.15) is 5.75 Å². The van der Waals surface area contributed by atoms with Crippen molar-refractivity contribution < 1.29 is 4.74 Å². The fourth-order valence-electron chi connectivity index (χ4n) is 1.94. The van der Waals surface area contributed by atoms with E-state index in [-0.39, 0.29) is 0 Å². The summed E-state index contributed by atoms with van der Waals surface area (Å²) >= 11 is 3.47. The SMILES string of the molecule is COc1cc(Br)cc(Nc2nccn2C2CC2)c1. The van der Waals surface area contributed by atoms with Crippen molar-refractivity contribution in [2.75, 3.05) is 12.4 Å². The van der Waals surface area contributed by atoms with Crippen molar-refractivity contribution in [1.82, 2.24) is 9.55 Å². The van der Waals surface area contributed by atoms with Gasteiger partial charge >= 0.3 is 0 Å². The first-order chi connectivity index (χ1) is 8.76. The predicted octanol–water partition coefficient (Wildman–Crippen LogP) is 3.73. The summed E-state index contributed by atoms with van der Waals surface area (Å²) in [5.74, 6) is 1.70. The van der Waals surface area contributed by atoms with Gasteiger partial charge in [-0.05, 0) is 25.0 Å². The van der Waals surface area contributed by atoms with E-state index in [9.17, 15) is 0 Å². The number of hydrogen-bond donors (Lipinski definition) is 1. The van der Waals surface area contributed by atoms with Gasteiger partial charge in [-0.3, -0.25) is 0 Å². The highest BCUT2D eigenvalue weighted by Crippen LogP contribution is 2.37. The number of methoxy groups -OCH3 is 1. The van der Waals surface area contributed by atoms with E-state index < -0.39 is 0 Å². The van der Waals surface area contributed by atoms with Crippen LogP contribution in [0.5, 0.6) is 5.75 Å². The first-order valence-electron chi connectivity index (χ1n) is 5.91. The fraction of sp³-hybridized carbons (Fsp3) is 0.308. The molecule has 0 bridgehead atoms. The highest BCUT2D eigenvalue weighted by molar-refractivity contribution is 9.10. The number of hydrogen-bond acceptors (Lipinski definition) is 3. The third-order valence-corrected chi connectivity index (χ3v) is 3.43. The molecule has 1 fully saturated rings. The number of nitrogens with zero attached hydrogens (tertiary/aromatic N) is 2. The molecule has 94 valence electrons. The molecule has 0 amide bonds. The van der Waals surface area contributed by atoms with Gasteiger partial charge in [0.15, 0.2) is 0 Å². The van der Waals surface area contributed by atoms with Crippen molar-refractivity contribution in [1.29, 1.82) is 0 Å². The molecule has 1 aliphatic carbocycles. The average molecular weight is 308 g/mol. The van der Waals surface area contributed by atoms with Gasteiger partial charge in [-0.2, -0.15) is 0 Å². The van der Waals surface area contributed by atoms with E-state index in [0.717, 1.165) is 21.9 Å². The van der Waals surface area contributed by atoms with Crippen molar-refractivity contribution in [3.05, 3.63) is 35.1 Å². The Bertz CT molecular complexity index is 563. The number of imidazole rings is 1. The summed E-state index contributed by atoms with van der Waals surface area (Å²) in [6.45, 7) is 0. The van der Waals surface area contributed by atoms with Crippen LogP contribution in [0.2, 0.25) is 0 Å². The number of nitrogens with one attached hydrogen (secondary N) is 1. The maximum Gasteiger partial charge on any atom is 0.207 e. The van der Waals surface area contributed by atoms with Crippen molar-refractivity contribution in [3.63, 3.8) is 0 Å². The van der Waals surface area contributed by atoms with E-state index in [1.165, 1.54) is 12.8 Å². The lowest BCUT2D eigenvalue weighted by Crippen LogP contribution is -2.01. The van der Waals surface area contributed by atoms with Gasteiger partial charge in [-0.1, -0.05) is 15.9 Å². The van der Waals surface area contributed by atoms with Crippen LogP contribution in [0.3, 0.4) is 0 Å². The Hall–Kier alpha value is -1.49. The Morgan fingerprint density at radius 2 is 2.22 bits per heavy atom. The minimum Gasteiger partial charge on any atom is -0.497 e. The van der Waals surface area contributed by atoms with Gasteiger partial charge in [0.05, 0.1) is 7.11 Å². The molecular formula is C13H14BrN3O. The number of ether oxygens (including phenoxy) is 1. The van der Waals surface area contributed by atoms with E-state index in [2.05, 4.69) is 30.8 Å². The molecule has 4 nitrogen and oxygen atoms in total. The summed E-state index contributed by atoms with van der Waals surface area (Å²) in [4.78, 5) is 4.35. The minimum atomic E-state index is 0.615. The topological polar surface area (TPSA) is 39.1 Å². The zero-order valence-corrected chi connectivity index (χ0v) is 11.6. The van der Waals surface area contributed by atoms with Crippen LogP contribution in [0, 0.1) is 0 Å². The summed E-state index contributed by atoms with van der Waals surface area (Å²) in [5, 5.41) is 3.33. The van der Waals surface area contributed by atoms with Crippen molar-refractivity contribution >= 4 is 27.6 Å². The largest absolute Gasteiger partial charge is 0.497 e. The molecule has 1 aliphatic rings. The van der Waals surface area contributed by atoms with Crippen LogP contribution >= 0.6 is 15.9 Å². The van der Waals surface area contributed by atoms with Gasteiger partial charge in [-0.25, -0.2) is 4.98 Å². The Labute approximate surface area is 114 Å². The molecule has 0 aliphatic heterocycles. The number of halogens is 1. The quantitative estimate of drug-likeness (QED) is 0.935. The number of benzene rings is 1. The smallest absolute Gasteiger partial charge is 0.207 e. The Kier molecular flexibility index (Phi) is 2.99. The van der Waals surface area contributed by atoms with Gasteiger partial charge in [0, 0.05) is 34.7 Å². The van der Waals surface area contributed by atoms with Crippen LogP contribution in [0.1, 0.15) is 18.9 Å². The Morgan fingerprint density at radius 1 is 1.39 bits per heavy atom. The summed E-state index contributed by atoms with van der Waals surface area (Å²) < 4.78 is 8.42. The lowest BCUT2D eigenvalue weighted by Gasteiger charge is -2.10. The first-order valence-corrected chi connectivity index (χ1v) is 6.70. The third kappa shape index (κ3) is 2.36. The van der Waals surface area contributed by atoms with Gasteiger partial charge in [-0.15, -0.1) is 0 Å². The molecule has 0 saturated heterocycles. The zero-order valence-electron chi connectivity index (χ0n) is 10.1. The lowest BCUT2D eigenvalue weighted by atomic mass is 10.3. The Morgan fingerprint density at radius 3 is 2.94 bits per heavy atom. The van der Waals surface area contributed by atoms with E-state index in [4.69, 9.17) is 4.74 Å². The molecule has 2 aromatic rings. The molecule has 18 heavy (non-hydrogen) atoms. The van der Waals surface area contributed by atoms with Crippen LogP contribution in [0.15, 0.2) is 35.1 Å². The van der Waals surface area contributed by atoms with Crippen LogP contribution in [-0.2, 0) is 0 Å². The number of aromatic nitrogens is 2. The van der Waals surface area contributed by atoms with Crippen LogP contribution in [0.25, 0.3) is 0 Å². The van der Waals surface area contributed by atoms with Gasteiger partial charge in [0.25, 0.3) is 0 Å². The monoisotopic (exact) mass is 307 g/mol. The molecular weight excluding hydrogens is 294 g/mol. The van der Waals surface area contributed by atoms with Crippen LogP contribution < -0.4 is 10.1 Å². The van der Waals surface area contributed by atoms with Crippen molar-refractivity contribution in [2.45, 2.75) is 18.9 Å². The molecule has 0 unspecified atom stereocenters. The van der Waals surface area contributed by atoms with Crippen molar-refractivity contribution in [3.8, 4) is 5.75 Å². The number of anilines is 2. The molecule has 0 atom stereocenters. The molecule has 3 rings (SSSR count). The molecule has 0 radical (unpaired) electrons. The summed E-state index contributed by atoms with van der Waals surface area (Å²) in [6.07, 6.45) is 6.34. The molecule has 1 saturated carbocycles. The second-order valence-electron chi connectivity index (χ2n) is 4.39. The van der Waals surface area contributed by atoms with Crippen molar-refractivity contribution in [2.24, 2.45) is 0 Å². The summed E-state index contributed by atoms with van der Waals surface area (Å²) in [7, 11) is 1.66. The third-order valence-electron chi connectivity index (χ3n) is 2.97. The van der Waals surface area contributed by atoms with E-state index >= 15 is 0 Å². The van der Waals surface area contributed by atoms with Crippen LogP contribution in [0.4, 0.5) is 11.6 Å². The standard InChI is InChI=1S/C13H14BrN3O/c1-18-12-7-9(14)6-10(8-12)16-13-15-4-5-17(13)11-2-3-11/h4-8,11H,2-3H2,1H3,(H,15,16). The average Bonchev–Trinajstić information content (AvgIpc) is 3.10. The molecule has 1 heterocycles. The van der Waals surface area contributed by atoms with Gasteiger partial charge < -0.3 is 14.6 Å². The summed E-state index contributed by atoms with van der Waals surface area (Å²) in [6, 6.07) is 6.51. The zero-order chi connectivity index (χ0) is 12.5. The van der Waals surface area contributed by atoms with Crippen LogP contribution in [-0.4, -0.2) is 16.7 Å². The van der Waals surface area contributed by atoms with E-state index in [1.54, 1.807) is 7.11 Å². The predicted molar refractivity (Wildman–Crippen MR) is 74.5 cm³/mol. The lowest BCUT2D eigenvalue weighted by molar-refractivity contribution is 0.415. The van der Waals surface area contributed by atoms with Gasteiger partial charge in [0.2, 0.25) is 5.95 Å². The minimum absolute atomic E-state index is 0.615. The van der Waals surface area contributed by atoms with E-state index in [1.807, 2.05) is 30.6 Å². The maximum absolute atomic E-state index is 5.25. The second kappa shape index (κ2) is 4.65. The Balaban J connectivity index is 1.87. The highest BCUT2D eigenvalue weighted by atomic mass is 79.9. The second-order valence-corrected chi connectivity index (χ2v) is 5.31. The highest BCUT2D eigenvalue weighted by Gasteiger charge is 2.25. The fourth-order valence-corrected chi connectivity index (χ4v) is 2.41. The molecule has 5 heteroatoms. The molecule has 1 N–H and O–H groups in total. The summed E-state index contributed by atoms with van der Waals surface area (Å²) in [5.41, 5.74) is 0.967. The number of rotatable bonds is 4. The molecule has 0 spiro atoms.